The number of halogens is 4. The van der Waals surface area contributed by atoms with Crippen LogP contribution in [0.25, 0.3) is 11.3 Å². The third kappa shape index (κ3) is 5.44. The van der Waals surface area contributed by atoms with Crippen molar-refractivity contribution in [3.8, 4) is 11.3 Å². The highest BCUT2D eigenvalue weighted by atomic mass is 79.9. The maximum Gasteiger partial charge on any atom is 0.417 e. The first-order valence-electron chi connectivity index (χ1n) is 8.96. The standard InChI is InChI=1S/C20H19BrF3N5/c1-3-12(2)26-19-28-17(13-5-4-8-25-11-13)10-18(29-19)27-14-6-7-16(21)15(9-14)20(22,23)24/h4-12H,3H2,1-2H3,(H2,26,27,28,29)/t12-/m0/s1. The molecule has 1 aromatic carbocycles. The Balaban J connectivity index is 1.99. The predicted molar refractivity (Wildman–Crippen MR) is 111 cm³/mol. The van der Waals surface area contributed by atoms with Crippen LogP contribution in [0.2, 0.25) is 0 Å². The molecule has 5 nitrogen and oxygen atoms in total. The molecule has 1 atom stereocenters. The summed E-state index contributed by atoms with van der Waals surface area (Å²) in [4.78, 5) is 13.0. The second kappa shape index (κ2) is 8.77. The van der Waals surface area contributed by atoms with Gasteiger partial charge < -0.3 is 10.6 Å². The van der Waals surface area contributed by atoms with E-state index in [1.807, 2.05) is 19.9 Å². The van der Waals surface area contributed by atoms with Crippen molar-refractivity contribution in [2.45, 2.75) is 32.5 Å². The molecule has 0 aliphatic heterocycles. The quantitative estimate of drug-likeness (QED) is 0.448. The van der Waals surface area contributed by atoms with Gasteiger partial charge in [-0.1, -0.05) is 22.9 Å². The molecule has 0 bridgehead atoms. The van der Waals surface area contributed by atoms with E-state index in [-0.39, 0.29) is 16.2 Å². The fraction of sp³-hybridized carbons (Fsp3) is 0.250. The van der Waals surface area contributed by atoms with Crippen molar-refractivity contribution in [3.05, 3.63) is 58.8 Å². The number of hydrogen-bond acceptors (Lipinski definition) is 5. The van der Waals surface area contributed by atoms with Crippen molar-refractivity contribution in [2.24, 2.45) is 0 Å². The van der Waals surface area contributed by atoms with Crippen LogP contribution in [0.3, 0.4) is 0 Å². The van der Waals surface area contributed by atoms with E-state index in [1.165, 1.54) is 6.07 Å². The number of aromatic nitrogens is 3. The zero-order valence-corrected chi connectivity index (χ0v) is 17.3. The molecule has 3 aromatic rings. The molecule has 0 saturated heterocycles. The Morgan fingerprint density at radius 3 is 2.59 bits per heavy atom. The monoisotopic (exact) mass is 465 g/mol. The summed E-state index contributed by atoms with van der Waals surface area (Å²) in [6.07, 6.45) is -0.277. The lowest BCUT2D eigenvalue weighted by atomic mass is 10.2. The van der Waals surface area contributed by atoms with Gasteiger partial charge in [0.25, 0.3) is 0 Å². The molecule has 9 heteroatoms. The molecular formula is C20H19BrF3N5. The molecule has 0 aliphatic carbocycles. The van der Waals surface area contributed by atoms with Gasteiger partial charge in [-0.15, -0.1) is 0 Å². The molecule has 2 aromatic heterocycles. The number of alkyl halides is 3. The third-order valence-electron chi connectivity index (χ3n) is 4.22. The van der Waals surface area contributed by atoms with E-state index < -0.39 is 11.7 Å². The van der Waals surface area contributed by atoms with Gasteiger partial charge in [0.15, 0.2) is 0 Å². The van der Waals surface area contributed by atoms with Crippen molar-refractivity contribution in [3.63, 3.8) is 0 Å². The van der Waals surface area contributed by atoms with Gasteiger partial charge in [0.05, 0.1) is 11.3 Å². The summed E-state index contributed by atoms with van der Waals surface area (Å²) in [5, 5.41) is 6.16. The van der Waals surface area contributed by atoms with Gasteiger partial charge in [-0.3, -0.25) is 4.98 Å². The van der Waals surface area contributed by atoms with Crippen LogP contribution in [0.1, 0.15) is 25.8 Å². The molecule has 2 heterocycles. The lowest BCUT2D eigenvalue weighted by molar-refractivity contribution is -0.138. The van der Waals surface area contributed by atoms with Crippen LogP contribution in [0.5, 0.6) is 0 Å². The highest BCUT2D eigenvalue weighted by Crippen LogP contribution is 2.37. The van der Waals surface area contributed by atoms with Gasteiger partial charge in [-0.05, 0) is 43.7 Å². The Labute approximate surface area is 174 Å². The Morgan fingerprint density at radius 2 is 1.93 bits per heavy atom. The molecular weight excluding hydrogens is 447 g/mol. The normalized spacial score (nSPS) is 12.5. The molecule has 0 radical (unpaired) electrons. The molecule has 29 heavy (non-hydrogen) atoms. The fourth-order valence-electron chi connectivity index (χ4n) is 2.53. The van der Waals surface area contributed by atoms with Crippen LogP contribution in [0.15, 0.2) is 53.3 Å². The largest absolute Gasteiger partial charge is 0.417 e. The highest BCUT2D eigenvalue weighted by molar-refractivity contribution is 9.10. The lowest BCUT2D eigenvalue weighted by Gasteiger charge is -2.15. The average Bonchev–Trinajstić information content (AvgIpc) is 2.69. The number of rotatable bonds is 6. The van der Waals surface area contributed by atoms with E-state index in [1.54, 1.807) is 30.6 Å². The summed E-state index contributed by atoms with van der Waals surface area (Å²) in [6, 6.07) is 9.40. The number of nitrogens with zero attached hydrogens (tertiary/aromatic N) is 3. The summed E-state index contributed by atoms with van der Waals surface area (Å²) in [5.74, 6) is 0.761. The number of pyridine rings is 1. The number of hydrogen-bond donors (Lipinski definition) is 2. The molecule has 2 N–H and O–H groups in total. The van der Waals surface area contributed by atoms with Crippen molar-refractivity contribution < 1.29 is 13.2 Å². The van der Waals surface area contributed by atoms with E-state index in [9.17, 15) is 13.2 Å². The van der Waals surface area contributed by atoms with Gasteiger partial charge in [0.2, 0.25) is 5.95 Å². The van der Waals surface area contributed by atoms with Crippen molar-refractivity contribution in [1.29, 1.82) is 0 Å². The zero-order valence-electron chi connectivity index (χ0n) is 15.8. The minimum absolute atomic E-state index is 0.0200. The van der Waals surface area contributed by atoms with Gasteiger partial charge in [-0.25, -0.2) is 4.98 Å². The van der Waals surface area contributed by atoms with Crippen molar-refractivity contribution in [2.75, 3.05) is 10.6 Å². The van der Waals surface area contributed by atoms with Crippen LogP contribution in [0.4, 0.5) is 30.6 Å². The molecule has 0 spiro atoms. The Bertz CT molecular complexity index is 980. The van der Waals surface area contributed by atoms with Crippen LogP contribution < -0.4 is 10.6 Å². The van der Waals surface area contributed by atoms with Crippen LogP contribution in [-0.4, -0.2) is 21.0 Å². The predicted octanol–water partition coefficient (Wildman–Crippen LogP) is 6.27. The van der Waals surface area contributed by atoms with Gasteiger partial charge in [0.1, 0.15) is 5.82 Å². The molecule has 152 valence electrons. The maximum atomic E-state index is 13.2. The molecule has 0 aliphatic rings. The summed E-state index contributed by atoms with van der Waals surface area (Å²) < 4.78 is 39.6. The summed E-state index contributed by atoms with van der Waals surface area (Å²) in [5.41, 5.74) is 0.888. The molecule has 0 unspecified atom stereocenters. The average molecular weight is 466 g/mol. The van der Waals surface area contributed by atoms with Crippen molar-refractivity contribution in [1.82, 2.24) is 15.0 Å². The van der Waals surface area contributed by atoms with Crippen LogP contribution >= 0.6 is 15.9 Å². The smallest absolute Gasteiger partial charge is 0.352 e. The third-order valence-corrected chi connectivity index (χ3v) is 4.91. The Morgan fingerprint density at radius 1 is 1.14 bits per heavy atom. The maximum absolute atomic E-state index is 13.2. The zero-order chi connectivity index (χ0) is 21.0. The summed E-state index contributed by atoms with van der Waals surface area (Å²) >= 11 is 2.95. The second-order valence-corrected chi connectivity index (χ2v) is 7.33. The lowest BCUT2D eigenvalue weighted by Crippen LogP contribution is -2.16. The van der Waals surface area contributed by atoms with E-state index in [0.717, 1.165) is 18.1 Å². The number of benzene rings is 1. The first-order chi connectivity index (χ1) is 13.8. The fourth-order valence-corrected chi connectivity index (χ4v) is 3.00. The second-order valence-electron chi connectivity index (χ2n) is 6.47. The Kier molecular flexibility index (Phi) is 6.36. The van der Waals surface area contributed by atoms with Gasteiger partial charge in [-0.2, -0.15) is 18.2 Å². The SMILES string of the molecule is CC[C@H](C)Nc1nc(Nc2ccc(Br)c(C(F)(F)F)c2)cc(-c2cccnc2)n1. The number of nitrogens with one attached hydrogen (secondary N) is 2. The van der Waals surface area contributed by atoms with Crippen molar-refractivity contribution >= 4 is 33.4 Å². The van der Waals surface area contributed by atoms with Gasteiger partial charge in [0, 0.05) is 40.2 Å². The summed E-state index contributed by atoms with van der Waals surface area (Å²) in [6.45, 7) is 4.03. The van der Waals surface area contributed by atoms with Crippen LogP contribution in [0, 0.1) is 0 Å². The van der Waals surface area contributed by atoms with Gasteiger partial charge >= 0.3 is 6.18 Å². The summed E-state index contributed by atoms with van der Waals surface area (Å²) in [7, 11) is 0. The molecule has 3 rings (SSSR count). The number of anilines is 3. The first kappa shape index (κ1) is 21.0. The minimum atomic E-state index is -4.47. The van der Waals surface area contributed by atoms with E-state index in [0.29, 0.717) is 17.5 Å². The molecule has 0 amide bonds. The minimum Gasteiger partial charge on any atom is -0.352 e. The highest BCUT2D eigenvalue weighted by Gasteiger charge is 2.33. The topological polar surface area (TPSA) is 62.7 Å². The molecule has 0 saturated carbocycles. The van der Waals surface area contributed by atoms with E-state index in [2.05, 4.69) is 41.5 Å². The first-order valence-corrected chi connectivity index (χ1v) is 9.75. The Hall–Kier alpha value is -2.68. The van der Waals surface area contributed by atoms with E-state index in [4.69, 9.17) is 0 Å². The van der Waals surface area contributed by atoms with Crippen LogP contribution in [-0.2, 0) is 6.18 Å². The van der Waals surface area contributed by atoms with E-state index >= 15 is 0 Å². The molecule has 0 fully saturated rings.